The second-order valence-electron chi connectivity index (χ2n) is 4.79. The van der Waals surface area contributed by atoms with Gasteiger partial charge in [-0.15, -0.1) is 0 Å². The average molecular weight is 259 g/mol. The maximum atomic E-state index is 3.48. The van der Waals surface area contributed by atoms with E-state index in [9.17, 15) is 0 Å². The van der Waals surface area contributed by atoms with E-state index in [1.165, 1.54) is 34.2 Å². The fraction of sp³-hybridized carbons (Fsp3) is 0.375. The van der Waals surface area contributed by atoms with Crippen molar-refractivity contribution in [1.82, 2.24) is 5.32 Å². The molecule has 1 nitrogen and oxygen atoms in total. The Kier molecular flexibility index (Phi) is 4.56. The summed E-state index contributed by atoms with van der Waals surface area (Å²) < 4.78 is 0. The van der Waals surface area contributed by atoms with Crippen LogP contribution >= 0.6 is 11.3 Å². The van der Waals surface area contributed by atoms with Crippen LogP contribution < -0.4 is 5.32 Å². The third-order valence-corrected chi connectivity index (χ3v) is 4.09. The number of thiophene rings is 1. The molecule has 2 rings (SSSR count). The summed E-state index contributed by atoms with van der Waals surface area (Å²) in [7, 11) is 0. The summed E-state index contributed by atoms with van der Waals surface area (Å²) in [5, 5.41) is 7.99. The van der Waals surface area contributed by atoms with Gasteiger partial charge >= 0.3 is 0 Å². The zero-order valence-corrected chi connectivity index (χ0v) is 12.2. The molecule has 0 aliphatic heterocycles. The highest BCUT2D eigenvalue weighted by Crippen LogP contribution is 2.28. The number of benzene rings is 1. The number of hydrogen-bond acceptors (Lipinski definition) is 2. The Labute approximate surface area is 114 Å². The molecule has 2 heteroatoms. The maximum absolute atomic E-state index is 3.48. The zero-order valence-electron chi connectivity index (χ0n) is 11.4. The van der Waals surface area contributed by atoms with Gasteiger partial charge in [-0.1, -0.05) is 25.1 Å². The molecule has 2 aromatic rings. The largest absolute Gasteiger partial charge is 0.313 e. The van der Waals surface area contributed by atoms with Gasteiger partial charge < -0.3 is 5.32 Å². The van der Waals surface area contributed by atoms with Crippen molar-refractivity contribution in [3.05, 3.63) is 45.6 Å². The third-order valence-electron chi connectivity index (χ3n) is 3.30. The lowest BCUT2D eigenvalue weighted by molar-refractivity contribution is 0.677. The Morgan fingerprint density at radius 2 is 1.94 bits per heavy atom. The third kappa shape index (κ3) is 3.01. The van der Waals surface area contributed by atoms with Gasteiger partial charge in [0.1, 0.15) is 0 Å². The van der Waals surface area contributed by atoms with Crippen LogP contribution in [0.3, 0.4) is 0 Å². The molecule has 1 aromatic carbocycles. The second-order valence-corrected chi connectivity index (χ2v) is 5.53. The van der Waals surface area contributed by atoms with Crippen LogP contribution in [-0.2, 0) is 6.54 Å². The van der Waals surface area contributed by atoms with Gasteiger partial charge in [0.05, 0.1) is 0 Å². The fourth-order valence-corrected chi connectivity index (χ4v) is 2.89. The Hall–Kier alpha value is -1.12. The first-order valence-electron chi connectivity index (χ1n) is 6.55. The minimum Gasteiger partial charge on any atom is -0.313 e. The van der Waals surface area contributed by atoms with Crippen LogP contribution in [0.4, 0.5) is 0 Å². The molecule has 0 saturated heterocycles. The van der Waals surface area contributed by atoms with Crippen molar-refractivity contribution in [2.24, 2.45) is 0 Å². The summed E-state index contributed by atoms with van der Waals surface area (Å²) in [5.74, 6) is 0. The minimum atomic E-state index is 0.972. The predicted octanol–water partition coefficient (Wildman–Crippen LogP) is 4.53. The molecule has 0 amide bonds. The molecule has 18 heavy (non-hydrogen) atoms. The Morgan fingerprint density at radius 3 is 2.67 bits per heavy atom. The second kappa shape index (κ2) is 6.17. The number of nitrogens with one attached hydrogen (secondary N) is 1. The van der Waals surface area contributed by atoms with Crippen LogP contribution in [-0.4, -0.2) is 6.54 Å². The monoisotopic (exact) mass is 259 g/mol. The number of hydrogen-bond donors (Lipinski definition) is 1. The van der Waals surface area contributed by atoms with Crippen LogP contribution in [0.5, 0.6) is 0 Å². The Balaban J connectivity index is 2.22. The van der Waals surface area contributed by atoms with E-state index in [0.29, 0.717) is 0 Å². The minimum absolute atomic E-state index is 0.972. The van der Waals surface area contributed by atoms with Crippen LogP contribution in [0.1, 0.15) is 30.0 Å². The first-order valence-corrected chi connectivity index (χ1v) is 7.50. The van der Waals surface area contributed by atoms with Crippen LogP contribution in [0.15, 0.2) is 29.0 Å². The molecule has 96 valence electrons. The Morgan fingerprint density at radius 1 is 1.11 bits per heavy atom. The normalized spacial score (nSPS) is 10.8. The van der Waals surface area contributed by atoms with Gasteiger partial charge in [0.15, 0.2) is 0 Å². The fourth-order valence-electron chi connectivity index (χ4n) is 2.02. The van der Waals surface area contributed by atoms with E-state index in [1.807, 2.05) is 0 Å². The van der Waals surface area contributed by atoms with E-state index in [-0.39, 0.29) is 0 Å². The molecule has 1 N–H and O–H groups in total. The molecule has 0 aliphatic rings. The molecule has 0 bridgehead atoms. The molecule has 0 spiro atoms. The van der Waals surface area contributed by atoms with E-state index in [2.05, 4.69) is 55.0 Å². The summed E-state index contributed by atoms with van der Waals surface area (Å²) in [6.07, 6.45) is 1.18. The van der Waals surface area contributed by atoms with Crippen molar-refractivity contribution in [3.63, 3.8) is 0 Å². The van der Waals surface area contributed by atoms with Crippen molar-refractivity contribution >= 4 is 11.3 Å². The quantitative estimate of drug-likeness (QED) is 0.778. The van der Waals surface area contributed by atoms with Gasteiger partial charge in [0.2, 0.25) is 0 Å². The summed E-state index contributed by atoms with van der Waals surface area (Å²) in [6.45, 7) is 8.60. The summed E-state index contributed by atoms with van der Waals surface area (Å²) >= 11 is 1.79. The average Bonchev–Trinajstić information content (AvgIpc) is 2.81. The number of aryl methyl sites for hydroxylation is 2. The zero-order chi connectivity index (χ0) is 13.0. The molecule has 0 radical (unpaired) electrons. The summed E-state index contributed by atoms with van der Waals surface area (Å²) in [6, 6.07) is 6.74. The molecule has 0 saturated carbocycles. The van der Waals surface area contributed by atoms with E-state index >= 15 is 0 Å². The first kappa shape index (κ1) is 13.3. The van der Waals surface area contributed by atoms with E-state index in [0.717, 1.165) is 13.1 Å². The molecule has 0 fully saturated rings. The van der Waals surface area contributed by atoms with Crippen LogP contribution in [0.25, 0.3) is 11.1 Å². The topological polar surface area (TPSA) is 12.0 Å². The lowest BCUT2D eigenvalue weighted by Gasteiger charge is -2.08. The smallest absolute Gasteiger partial charge is 0.0219 e. The van der Waals surface area contributed by atoms with E-state index in [1.54, 1.807) is 11.3 Å². The Bertz CT molecular complexity index is 514. The summed E-state index contributed by atoms with van der Waals surface area (Å²) in [4.78, 5) is 0. The SMILES string of the molecule is CCCNCc1cscc1-c1ccc(C)c(C)c1. The van der Waals surface area contributed by atoms with Gasteiger partial charge in [-0.05, 0) is 65.4 Å². The first-order chi connectivity index (χ1) is 8.72. The van der Waals surface area contributed by atoms with Gasteiger partial charge in [-0.2, -0.15) is 11.3 Å². The molecule has 0 unspecified atom stereocenters. The molecular weight excluding hydrogens is 238 g/mol. The lowest BCUT2D eigenvalue weighted by Crippen LogP contribution is -2.13. The van der Waals surface area contributed by atoms with Crippen LogP contribution in [0, 0.1) is 13.8 Å². The highest BCUT2D eigenvalue weighted by molar-refractivity contribution is 7.08. The summed E-state index contributed by atoms with van der Waals surface area (Å²) in [5.41, 5.74) is 6.86. The standard InChI is InChI=1S/C16H21NS/c1-4-7-17-9-15-10-18-11-16(15)14-6-5-12(2)13(3)8-14/h5-6,8,10-11,17H,4,7,9H2,1-3H3. The highest BCUT2D eigenvalue weighted by Gasteiger charge is 2.06. The van der Waals surface area contributed by atoms with Crippen LogP contribution in [0.2, 0.25) is 0 Å². The molecule has 0 aliphatic carbocycles. The van der Waals surface area contributed by atoms with Gasteiger partial charge in [0, 0.05) is 6.54 Å². The highest BCUT2D eigenvalue weighted by atomic mass is 32.1. The van der Waals surface area contributed by atoms with Gasteiger partial charge in [-0.25, -0.2) is 0 Å². The number of rotatable bonds is 5. The predicted molar refractivity (Wildman–Crippen MR) is 81.2 cm³/mol. The molecule has 1 aromatic heterocycles. The molecule has 1 heterocycles. The molecule has 0 atom stereocenters. The lowest BCUT2D eigenvalue weighted by atomic mass is 10.00. The van der Waals surface area contributed by atoms with Crippen molar-refractivity contribution in [3.8, 4) is 11.1 Å². The van der Waals surface area contributed by atoms with Gasteiger partial charge in [-0.3, -0.25) is 0 Å². The van der Waals surface area contributed by atoms with Crippen molar-refractivity contribution < 1.29 is 0 Å². The van der Waals surface area contributed by atoms with Gasteiger partial charge in [0.25, 0.3) is 0 Å². The van der Waals surface area contributed by atoms with E-state index < -0.39 is 0 Å². The van der Waals surface area contributed by atoms with Crippen molar-refractivity contribution in [2.75, 3.05) is 6.54 Å². The van der Waals surface area contributed by atoms with Crippen molar-refractivity contribution in [1.29, 1.82) is 0 Å². The molecular formula is C16H21NS. The van der Waals surface area contributed by atoms with E-state index in [4.69, 9.17) is 0 Å². The maximum Gasteiger partial charge on any atom is 0.0219 e. The van der Waals surface area contributed by atoms with Crippen molar-refractivity contribution in [2.45, 2.75) is 33.7 Å².